The van der Waals surface area contributed by atoms with Gasteiger partial charge in [0.05, 0.1) is 0 Å². The Hall–Kier alpha value is -2.60. The number of hydrogen-bond acceptors (Lipinski definition) is 4. The molecular weight excluding hydrogens is 332 g/mol. The van der Waals surface area contributed by atoms with Crippen LogP contribution in [0.15, 0.2) is 60.0 Å². The van der Waals surface area contributed by atoms with Crippen molar-refractivity contribution in [1.29, 1.82) is 0 Å². The molecule has 0 spiro atoms. The van der Waals surface area contributed by atoms with Crippen molar-refractivity contribution < 1.29 is 4.79 Å². The van der Waals surface area contributed by atoms with Crippen LogP contribution in [0.3, 0.4) is 0 Å². The van der Waals surface area contributed by atoms with Gasteiger partial charge in [0.1, 0.15) is 6.33 Å². The molecule has 0 atom stereocenters. The van der Waals surface area contributed by atoms with Crippen LogP contribution in [0.2, 0.25) is 0 Å². The van der Waals surface area contributed by atoms with E-state index >= 15 is 0 Å². The summed E-state index contributed by atoms with van der Waals surface area (Å²) < 4.78 is 0. The monoisotopic (exact) mass is 350 g/mol. The first-order valence-electron chi connectivity index (χ1n) is 8.23. The average Bonchev–Trinajstić information content (AvgIpc) is 3.19. The number of carbonyl (C=O) groups excluding carboxylic acids is 1. The molecule has 1 aromatic heterocycles. The predicted octanol–water partition coefficient (Wildman–Crippen LogP) is 3.30. The van der Waals surface area contributed by atoms with Gasteiger partial charge in [-0.3, -0.25) is 9.89 Å². The number of aromatic nitrogens is 3. The van der Waals surface area contributed by atoms with Crippen LogP contribution in [-0.2, 0) is 18.7 Å². The number of benzene rings is 2. The number of rotatable bonds is 4. The van der Waals surface area contributed by atoms with Crippen molar-refractivity contribution in [3.8, 4) is 0 Å². The van der Waals surface area contributed by atoms with Gasteiger partial charge in [0, 0.05) is 24.4 Å². The summed E-state index contributed by atoms with van der Waals surface area (Å²) in [5, 5.41) is 7.46. The van der Waals surface area contributed by atoms with Crippen LogP contribution < -0.4 is 0 Å². The highest BCUT2D eigenvalue weighted by Crippen LogP contribution is 2.22. The summed E-state index contributed by atoms with van der Waals surface area (Å²) in [7, 11) is 0. The van der Waals surface area contributed by atoms with Crippen LogP contribution in [0.4, 0.5) is 0 Å². The van der Waals surface area contributed by atoms with E-state index in [9.17, 15) is 4.79 Å². The zero-order chi connectivity index (χ0) is 17.1. The van der Waals surface area contributed by atoms with Crippen molar-refractivity contribution in [2.24, 2.45) is 0 Å². The average molecular weight is 350 g/mol. The van der Waals surface area contributed by atoms with Gasteiger partial charge in [0.15, 0.2) is 5.16 Å². The highest BCUT2D eigenvalue weighted by molar-refractivity contribution is 7.98. The fourth-order valence-corrected chi connectivity index (χ4v) is 3.75. The molecule has 126 valence electrons. The SMILES string of the molecule is O=C(c1ccc(CSc2ncn[nH]2)cc1)N1CCc2ccccc2C1. The van der Waals surface area contributed by atoms with Gasteiger partial charge in [-0.25, -0.2) is 4.98 Å². The lowest BCUT2D eigenvalue weighted by Crippen LogP contribution is -2.35. The van der Waals surface area contributed by atoms with Gasteiger partial charge in [-0.05, 0) is 35.2 Å². The maximum absolute atomic E-state index is 12.8. The Kier molecular flexibility index (Phi) is 4.52. The normalized spacial score (nSPS) is 13.5. The summed E-state index contributed by atoms with van der Waals surface area (Å²) in [6, 6.07) is 16.2. The summed E-state index contributed by atoms with van der Waals surface area (Å²) in [5.41, 5.74) is 4.50. The number of fused-ring (bicyclic) bond motifs is 1. The molecule has 5 nitrogen and oxygen atoms in total. The largest absolute Gasteiger partial charge is 0.334 e. The Labute approximate surface area is 150 Å². The Morgan fingerprint density at radius 1 is 1.12 bits per heavy atom. The molecule has 6 heteroatoms. The molecule has 0 bridgehead atoms. The van der Waals surface area contributed by atoms with Crippen molar-refractivity contribution >= 4 is 17.7 Å². The molecule has 4 rings (SSSR count). The van der Waals surface area contributed by atoms with Crippen LogP contribution >= 0.6 is 11.8 Å². The van der Waals surface area contributed by atoms with Gasteiger partial charge in [-0.2, -0.15) is 5.10 Å². The first-order chi connectivity index (χ1) is 12.3. The van der Waals surface area contributed by atoms with E-state index in [1.165, 1.54) is 17.5 Å². The van der Waals surface area contributed by atoms with E-state index < -0.39 is 0 Å². The Balaban J connectivity index is 1.41. The third-order valence-corrected chi connectivity index (χ3v) is 5.34. The number of carbonyl (C=O) groups is 1. The predicted molar refractivity (Wildman–Crippen MR) is 97.3 cm³/mol. The van der Waals surface area contributed by atoms with E-state index in [0.29, 0.717) is 6.54 Å². The van der Waals surface area contributed by atoms with E-state index in [4.69, 9.17) is 0 Å². The summed E-state index contributed by atoms with van der Waals surface area (Å²) in [5.74, 6) is 0.893. The number of nitrogens with zero attached hydrogens (tertiary/aromatic N) is 3. The molecule has 0 saturated carbocycles. The molecule has 0 saturated heterocycles. The maximum Gasteiger partial charge on any atom is 0.254 e. The van der Waals surface area contributed by atoms with E-state index in [1.54, 1.807) is 11.8 Å². The molecule has 2 aromatic carbocycles. The molecule has 2 heterocycles. The van der Waals surface area contributed by atoms with Crippen molar-refractivity contribution in [1.82, 2.24) is 20.1 Å². The van der Waals surface area contributed by atoms with E-state index in [-0.39, 0.29) is 5.91 Å². The summed E-state index contributed by atoms with van der Waals surface area (Å²) in [4.78, 5) is 18.8. The Morgan fingerprint density at radius 3 is 2.68 bits per heavy atom. The highest BCUT2D eigenvalue weighted by Gasteiger charge is 2.21. The fourth-order valence-electron chi connectivity index (χ4n) is 3.01. The molecule has 1 aliphatic rings. The van der Waals surface area contributed by atoms with E-state index in [2.05, 4.69) is 33.4 Å². The van der Waals surface area contributed by atoms with Gasteiger partial charge < -0.3 is 4.90 Å². The molecule has 1 amide bonds. The summed E-state index contributed by atoms with van der Waals surface area (Å²) in [6.45, 7) is 1.47. The van der Waals surface area contributed by atoms with Crippen molar-refractivity contribution in [2.45, 2.75) is 23.9 Å². The van der Waals surface area contributed by atoms with Crippen LogP contribution in [0.1, 0.15) is 27.0 Å². The molecule has 0 unspecified atom stereocenters. The lowest BCUT2D eigenvalue weighted by atomic mass is 9.99. The smallest absolute Gasteiger partial charge is 0.254 e. The van der Waals surface area contributed by atoms with Gasteiger partial charge in [0.25, 0.3) is 5.91 Å². The van der Waals surface area contributed by atoms with Crippen molar-refractivity contribution in [3.63, 3.8) is 0 Å². The second-order valence-corrected chi connectivity index (χ2v) is 6.99. The number of hydrogen-bond donors (Lipinski definition) is 1. The van der Waals surface area contributed by atoms with E-state index in [0.717, 1.165) is 35.0 Å². The Morgan fingerprint density at radius 2 is 1.92 bits per heavy atom. The first-order valence-corrected chi connectivity index (χ1v) is 9.21. The standard InChI is InChI=1S/C19H18N4OS/c24-18(23-10-9-15-3-1-2-4-17(15)11-23)16-7-5-14(6-8-16)12-25-19-20-13-21-22-19/h1-8,13H,9-12H2,(H,20,21,22). The first kappa shape index (κ1) is 15.9. The molecule has 0 aliphatic carbocycles. The quantitative estimate of drug-likeness (QED) is 0.734. The van der Waals surface area contributed by atoms with Crippen LogP contribution in [0.5, 0.6) is 0 Å². The van der Waals surface area contributed by atoms with Crippen LogP contribution in [-0.4, -0.2) is 32.5 Å². The number of nitrogens with one attached hydrogen (secondary N) is 1. The fraction of sp³-hybridized carbons (Fsp3) is 0.211. The highest BCUT2D eigenvalue weighted by atomic mass is 32.2. The molecule has 3 aromatic rings. The van der Waals surface area contributed by atoms with Gasteiger partial charge in [0.2, 0.25) is 0 Å². The molecule has 1 aliphatic heterocycles. The molecular formula is C19H18N4OS. The number of H-pyrrole nitrogens is 1. The second-order valence-electron chi connectivity index (χ2n) is 6.02. The van der Waals surface area contributed by atoms with Crippen LogP contribution in [0.25, 0.3) is 0 Å². The van der Waals surface area contributed by atoms with Crippen LogP contribution in [0, 0.1) is 0 Å². The zero-order valence-corrected chi connectivity index (χ0v) is 14.5. The molecule has 25 heavy (non-hydrogen) atoms. The number of amides is 1. The number of thioether (sulfide) groups is 1. The minimum absolute atomic E-state index is 0.101. The zero-order valence-electron chi connectivity index (χ0n) is 13.7. The molecule has 0 radical (unpaired) electrons. The van der Waals surface area contributed by atoms with Gasteiger partial charge in [-0.15, -0.1) is 0 Å². The summed E-state index contributed by atoms with van der Waals surface area (Å²) in [6.07, 6.45) is 2.43. The summed E-state index contributed by atoms with van der Waals surface area (Å²) >= 11 is 1.59. The van der Waals surface area contributed by atoms with Gasteiger partial charge in [-0.1, -0.05) is 48.2 Å². The Bertz CT molecular complexity index is 861. The minimum atomic E-state index is 0.101. The lowest BCUT2D eigenvalue weighted by molar-refractivity contribution is 0.0734. The number of aromatic amines is 1. The maximum atomic E-state index is 12.8. The van der Waals surface area contributed by atoms with E-state index in [1.807, 2.05) is 35.2 Å². The third-order valence-electron chi connectivity index (χ3n) is 4.39. The molecule has 1 N–H and O–H groups in total. The second kappa shape index (κ2) is 7.11. The van der Waals surface area contributed by atoms with Crippen molar-refractivity contribution in [3.05, 3.63) is 77.1 Å². The lowest BCUT2D eigenvalue weighted by Gasteiger charge is -2.29. The van der Waals surface area contributed by atoms with Crippen molar-refractivity contribution in [2.75, 3.05) is 6.54 Å². The molecule has 0 fully saturated rings. The third kappa shape index (κ3) is 3.58. The minimum Gasteiger partial charge on any atom is -0.334 e. The topological polar surface area (TPSA) is 61.9 Å². The van der Waals surface area contributed by atoms with Gasteiger partial charge >= 0.3 is 0 Å².